The number of methoxy groups -OCH3 is 1. The highest BCUT2D eigenvalue weighted by Crippen LogP contribution is 2.12. The second kappa shape index (κ2) is 6.21. The van der Waals surface area contributed by atoms with Crippen LogP contribution in [-0.4, -0.2) is 29.5 Å². The maximum absolute atomic E-state index is 5.11. The van der Waals surface area contributed by atoms with Gasteiger partial charge in [-0.2, -0.15) is 5.10 Å². The van der Waals surface area contributed by atoms with Crippen LogP contribution in [0, 0.1) is 0 Å². The number of ether oxygens (including phenoxy) is 1. The summed E-state index contributed by atoms with van der Waals surface area (Å²) in [6.45, 7) is 3.59. The summed E-state index contributed by atoms with van der Waals surface area (Å²) in [4.78, 5) is 0. The lowest BCUT2D eigenvalue weighted by Crippen LogP contribution is -2.20. The van der Waals surface area contributed by atoms with E-state index in [0.717, 1.165) is 12.2 Å². The van der Waals surface area contributed by atoms with Gasteiger partial charge in [0.2, 0.25) is 0 Å². The normalized spacial score (nSPS) is 12.3. The summed E-state index contributed by atoms with van der Waals surface area (Å²) in [6, 6.07) is 10.6. The molecule has 96 valence electrons. The van der Waals surface area contributed by atoms with Crippen molar-refractivity contribution in [3.8, 4) is 0 Å². The minimum Gasteiger partial charge on any atom is -0.383 e. The van der Waals surface area contributed by atoms with Gasteiger partial charge in [-0.15, -0.1) is 0 Å². The number of hydrogen-bond donors (Lipinski definition) is 1. The van der Waals surface area contributed by atoms with Gasteiger partial charge in [0.1, 0.15) is 0 Å². The molecule has 0 bridgehead atoms. The first-order valence-corrected chi connectivity index (χ1v) is 6.10. The van der Waals surface area contributed by atoms with E-state index in [2.05, 4.69) is 41.6 Å². The van der Waals surface area contributed by atoms with Gasteiger partial charge in [0.25, 0.3) is 0 Å². The molecule has 0 spiro atoms. The average molecular weight is 245 g/mol. The fraction of sp³-hybridized carbons (Fsp3) is 0.357. The summed E-state index contributed by atoms with van der Waals surface area (Å²) < 4.78 is 7.03. The molecule has 0 amide bonds. The van der Waals surface area contributed by atoms with Gasteiger partial charge in [-0.1, -0.05) is 12.1 Å². The van der Waals surface area contributed by atoms with E-state index < -0.39 is 0 Å². The van der Waals surface area contributed by atoms with Gasteiger partial charge >= 0.3 is 0 Å². The molecule has 1 atom stereocenters. The van der Waals surface area contributed by atoms with E-state index in [-0.39, 0.29) is 0 Å². The molecule has 0 saturated heterocycles. The summed E-state index contributed by atoms with van der Waals surface area (Å²) in [7, 11) is 1.71. The molecule has 4 nitrogen and oxygen atoms in total. The van der Waals surface area contributed by atoms with Crippen molar-refractivity contribution in [2.75, 3.05) is 19.0 Å². The van der Waals surface area contributed by atoms with Crippen molar-refractivity contribution in [2.45, 2.75) is 19.5 Å². The number of rotatable bonds is 6. The van der Waals surface area contributed by atoms with Crippen LogP contribution in [0.5, 0.6) is 0 Å². The Kier molecular flexibility index (Phi) is 4.36. The van der Waals surface area contributed by atoms with Crippen LogP contribution >= 0.6 is 0 Å². The quantitative estimate of drug-likeness (QED) is 0.849. The molecule has 2 aromatic rings. The fourth-order valence-electron chi connectivity index (χ4n) is 1.92. The zero-order valence-corrected chi connectivity index (χ0v) is 10.8. The van der Waals surface area contributed by atoms with E-state index >= 15 is 0 Å². The number of nitrogens with zero attached hydrogens (tertiary/aromatic N) is 2. The number of aromatic nitrogens is 2. The van der Waals surface area contributed by atoms with Crippen LogP contribution in [-0.2, 0) is 11.3 Å². The van der Waals surface area contributed by atoms with Gasteiger partial charge in [0.05, 0.1) is 13.2 Å². The first-order valence-electron chi connectivity index (χ1n) is 6.10. The van der Waals surface area contributed by atoms with Crippen LogP contribution < -0.4 is 5.32 Å². The molecule has 2 rings (SSSR count). The Morgan fingerprint density at radius 3 is 3.00 bits per heavy atom. The average Bonchev–Trinajstić information content (AvgIpc) is 2.82. The third-order valence-corrected chi connectivity index (χ3v) is 2.66. The lowest BCUT2D eigenvalue weighted by molar-refractivity contribution is 0.190. The van der Waals surface area contributed by atoms with Gasteiger partial charge in [0.15, 0.2) is 0 Å². The molecule has 1 aromatic heterocycles. The minimum absolute atomic E-state index is 0.301. The van der Waals surface area contributed by atoms with Crippen LogP contribution in [0.2, 0.25) is 0 Å². The Labute approximate surface area is 108 Å². The van der Waals surface area contributed by atoms with Crippen molar-refractivity contribution in [1.29, 1.82) is 0 Å². The summed E-state index contributed by atoms with van der Waals surface area (Å²) in [5, 5.41) is 7.62. The number of anilines is 1. The SMILES string of the molecule is COC[C@H](C)Nc1cccc(Cn2cccn2)c1. The zero-order chi connectivity index (χ0) is 12.8. The molecular weight excluding hydrogens is 226 g/mol. The van der Waals surface area contributed by atoms with Crippen LogP contribution in [0.15, 0.2) is 42.7 Å². The highest BCUT2D eigenvalue weighted by molar-refractivity contribution is 5.46. The standard InChI is InChI=1S/C14H19N3O/c1-12(11-18-2)16-14-6-3-5-13(9-14)10-17-8-4-7-15-17/h3-9,12,16H,10-11H2,1-2H3/t12-/m0/s1. The summed E-state index contributed by atoms with van der Waals surface area (Å²) in [6.07, 6.45) is 3.76. The monoisotopic (exact) mass is 245 g/mol. The molecule has 1 aromatic carbocycles. The van der Waals surface area contributed by atoms with E-state index in [4.69, 9.17) is 4.74 Å². The Balaban J connectivity index is 2.01. The van der Waals surface area contributed by atoms with Gasteiger partial charge in [-0.25, -0.2) is 0 Å². The third kappa shape index (κ3) is 3.60. The van der Waals surface area contributed by atoms with E-state index in [0.29, 0.717) is 12.6 Å². The Morgan fingerprint density at radius 2 is 2.28 bits per heavy atom. The molecule has 0 saturated carbocycles. The van der Waals surface area contributed by atoms with E-state index in [1.54, 1.807) is 13.3 Å². The maximum Gasteiger partial charge on any atom is 0.0661 e. The van der Waals surface area contributed by atoms with Gasteiger partial charge in [-0.3, -0.25) is 4.68 Å². The van der Waals surface area contributed by atoms with Crippen molar-refractivity contribution >= 4 is 5.69 Å². The van der Waals surface area contributed by atoms with E-state index in [1.807, 2.05) is 16.9 Å². The largest absolute Gasteiger partial charge is 0.383 e. The Hall–Kier alpha value is -1.81. The van der Waals surface area contributed by atoms with Gasteiger partial charge in [-0.05, 0) is 30.7 Å². The van der Waals surface area contributed by atoms with Crippen molar-refractivity contribution < 1.29 is 4.74 Å². The van der Waals surface area contributed by atoms with Crippen molar-refractivity contribution in [3.05, 3.63) is 48.3 Å². The minimum atomic E-state index is 0.301. The van der Waals surface area contributed by atoms with Crippen LogP contribution in [0.4, 0.5) is 5.69 Å². The van der Waals surface area contributed by atoms with Crippen molar-refractivity contribution in [1.82, 2.24) is 9.78 Å². The first-order chi connectivity index (χ1) is 8.78. The highest BCUT2D eigenvalue weighted by Gasteiger charge is 2.02. The number of benzene rings is 1. The number of nitrogens with one attached hydrogen (secondary N) is 1. The second-order valence-electron chi connectivity index (χ2n) is 4.40. The van der Waals surface area contributed by atoms with E-state index in [1.165, 1.54) is 5.56 Å². The summed E-state index contributed by atoms with van der Waals surface area (Å²) >= 11 is 0. The molecule has 0 aliphatic heterocycles. The third-order valence-electron chi connectivity index (χ3n) is 2.66. The van der Waals surface area contributed by atoms with Crippen LogP contribution in [0.1, 0.15) is 12.5 Å². The molecule has 0 aliphatic rings. The molecule has 0 aliphatic carbocycles. The zero-order valence-electron chi connectivity index (χ0n) is 10.8. The van der Waals surface area contributed by atoms with Crippen LogP contribution in [0.25, 0.3) is 0 Å². The van der Waals surface area contributed by atoms with Gasteiger partial charge < -0.3 is 10.1 Å². The molecule has 18 heavy (non-hydrogen) atoms. The van der Waals surface area contributed by atoms with Crippen molar-refractivity contribution in [2.24, 2.45) is 0 Å². The van der Waals surface area contributed by atoms with Crippen molar-refractivity contribution in [3.63, 3.8) is 0 Å². The maximum atomic E-state index is 5.11. The molecule has 1 N–H and O–H groups in total. The lowest BCUT2D eigenvalue weighted by atomic mass is 10.2. The molecule has 4 heteroatoms. The molecule has 0 radical (unpaired) electrons. The molecule has 0 fully saturated rings. The first kappa shape index (κ1) is 12.6. The Morgan fingerprint density at radius 1 is 1.39 bits per heavy atom. The molecular formula is C14H19N3O. The predicted molar refractivity (Wildman–Crippen MR) is 72.7 cm³/mol. The smallest absolute Gasteiger partial charge is 0.0661 e. The van der Waals surface area contributed by atoms with E-state index in [9.17, 15) is 0 Å². The highest BCUT2D eigenvalue weighted by atomic mass is 16.5. The van der Waals surface area contributed by atoms with Crippen LogP contribution in [0.3, 0.4) is 0 Å². The molecule has 1 heterocycles. The summed E-state index contributed by atoms with van der Waals surface area (Å²) in [5.74, 6) is 0. The fourth-order valence-corrected chi connectivity index (χ4v) is 1.92. The number of hydrogen-bond acceptors (Lipinski definition) is 3. The lowest BCUT2D eigenvalue weighted by Gasteiger charge is -2.15. The Bertz CT molecular complexity index is 468. The molecule has 0 unspecified atom stereocenters. The topological polar surface area (TPSA) is 39.1 Å². The van der Waals surface area contributed by atoms with Gasteiger partial charge in [0, 0.05) is 31.2 Å². The second-order valence-corrected chi connectivity index (χ2v) is 4.40. The predicted octanol–water partition coefficient (Wildman–Crippen LogP) is 2.38. The summed E-state index contributed by atoms with van der Waals surface area (Å²) in [5.41, 5.74) is 2.34.